The van der Waals surface area contributed by atoms with Gasteiger partial charge in [0.1, 0.15) is 5.78 Å². The molecule has 0 aliphatic rings. The van der Waals surface area contributed by atoms with Crippen molar-refractivity contribution in [1.82, 2.24) is 25.5 Å². The summed E-state index contributed by atoms with van der Waals surface area (Å²) in [7, 11) is 0. The van der Waals surface area contributed by atoms with E-state index in [1.807, 2.05) is 36.1 Å². The molecule has 1 amide bonds. The van der Waals surface area contributed by atoms with Gasteiger partial charge in [-0.25, -0.2) is 0 Å². The maximum atomic E-state index is 12.8. The summed E-state index contributed by atoms with van der Waals surface area (Å²) in [6, 6.07) is 16.2. The summed E-state index contributed by atoms with van der Waals surface area (Å²) in [6.45, 7) is 7.38. The maximum absolute atomic E-state index is 12.8. The average Bonchev–Trinajstić information content (AvgIpc) is 3.42. The van der Waals surface area contributed by atoms with Crippen LogP contribution in [0.5, 0.6) is 0 Å². The first-order chi connectivity index (χ1) is 17.4. The second kappa shape index (κ2) is 13.9. The number of thiol groups is 1. The third-order valence-corrected chi connectivity index (χ3v) is 6.69. The number of aromatic amines is 1. The molecule has 1 atom stereocenters. The van der Waals surface area contributed by atoms with Gasteiger partial charge in [0.05, 0.1) is 0 Å². The smallest absolute Gasteiger partial charge is 0.222 e. The van der Waals surface area contributed by atoms with Crippen LogP contribution in [0.25, 0.3) is 22.5 Å². The van der Waals surface area contributed by atoms with Crippen LogP contribution in [0.15, 0.2) is 48.5 Å². The van der Waals surface area contributed by atoms with E-state index in [0.717, 1.165) is 35.1 Å². The number of nitrogens with zero attached hydrogens (tertiary/aromatic N) is 4. The van der Waals surface area contributed by atoms with E-state index in [1.165, 1.54) is 0 Å². The summed E-state index contributed by atoms with van der Waals surface area (Å²) in [5.74, 6) is 1.98. The molecular weight excluding hydrogens is 470 g/mol. The van der Waals surface area contributed by atoms with Gasteiger partial charge in [0.2, 0.25) is 11.7 Å². The number of carbonyl (C=O) groups excluding carboxylic acids is 2. The summed E-state index contributed by atoms with van der Waals surface area (Å²) in [5.41, 5.74) is 4.02. The number of hydrogen-bond acceptors (Lipinski definition) is 6. The summed E-state index contributed by atoms with van der Waals surface area (Å²) in [4.78, 5) is 27.4. The molecule has 0 saturated carbocycles. The zero-order valence-corrected chi connectivity index (χ0v) is 22.4. The Bertz CT molecular complexity index is 1100. The Labute approximate surface area is 219 Å². The Morgan fingerprint density at radius 2 is 1.75 bits per heavy atom. The third kappa shape index (κ3) is 7.75. The minimum absolute atomic E-state index is 0.00371. The minimum atomic E-state index is -0.00371. The van der Waals surface area contributed by atoms with E-state index in [2.05, 4.69) is 71.4 Å². The van der Waals surface area contributed by atoms with Crippen molar-refractivity contribution in [3.8, 4) is 22.5 Å². The molecule has 3 rings (SSSR count). The molecule has 7 nitrogen and oxygen atoms in total. The average molecular weight is 508 g/mol. The van der Waals surface area contributed by atoms with Gasteiger partial charge in [-0.2, -0.15) is 17.8 Å². The van der Waals surface area contributed by atoms with E-state index >= 15 is 0 Å². The van der Waals surface area contributed by atoms with Crippen LogP contribution in [-0.2, 0) is 16.1 Å². The molecule has 0 aliphatic carbocycles. The molecule has 1 unspecified atom stereocenters. The molecular formula is C28H37N5O2S. The molecule has 8 heteroatoms. The number of Topliss-reactive ketones (excluding diaryl/α,β-unsaturated/α-hetero) is 1. The lowest BCUT2D eigenvalue weighted by Gasteiger charge is -2.23. The molecule has 1 aromatic heterocycles. The summed E-state index contributed by atoms with van der Waals surface area (Å²) < 4.78 is 0. The second-order valence-corrected chi connectivity index (χ2v) is 9.99. The summed E-state index contributed by atoms with van der Waals surface area (Å²) in [6.07, 6.45) is 3.34. The molecule has 2 aromatic carbocycles. The Balaban J connectivity index is 1.67. The summed E-state index contributed by atoms with van der Waals surface area (Å²) >= 11 is 4.38. The molecule has 0 bridgehead atoms. The van der Waals surface area contributed by atoms with E-state index in [1.54, 1.807) is 0 Å². The lowest BCUT2D eigenvalue weighted by atomic mass is 9.92. The maximum Gasteiger partial charge on any atom is 0.222 e. The van der Waals surface area contributed by atoms with Gasteiger partial charge in [-0.05, 0) is 52.8 Å². The normalized spacial score (nSPS) is 12.0. The van der Waals surface area contributed by atoms with Crippen LogP contribution in [0.1, 0.15) is 58.4 Å². The molecule has 1 heterocycles. The summed E-state index contributed by atoms with van der Waals surface area (Å²) in [5, 5.41) is 14.4. The van der Waals surface area contributed by atoms with Crippen molar-refractivity contribution in [2.45, 2.75) is 59.4 Å². The van der Waals surface area contributed by atoms with E-state index in [4.69, 9.17) is 0 Å². The molecule has 0 saturated heterocycles. The van der Waals surface area contributed by atoms with Gasteiger partial charge in [-0.15, -0.1) is 10.2 Å². The molecule has 1 N–H and O–H groups in total. The standard InChI is InChI=1S/C28H37N5O2S/c1-4-8-27(35)33(16-7-11-26(34)23(19-36)17-20(2)3)18-21-12-14-22(15-13-21)24-9-5-6-10-25(24)28-29-31-32-30-28/h5-6,9-10,12-15,20,23,36H,4,7-8,11,16-19H2,1-3H3,(H,29,30,31,32). The zero-order valence-electron chi connectivity index (χ0n) is 21.5. The Morgan fingerprint density at radius 1 is 1.03 bits per heavy atom. The van der Waals surface area contributed by atoms with Crippen LogP contribution in [0.3, 0.4) is 0 Å². The van der Waals surface area contributed by atoms with E-state index in [-0.39, 0.29) is 17.6 Å². The monoisotopic (exact) mass is 507 g/mol. The largest absolute Gasteiger partial charge is 0.338 e. The fourth-order valence-corrected chi connectivity index (χ4v) is 4.76. The first kappa shape index (κ1) is 27.6. The van der Waals surface area contributed by atoms with Gasteiger partial charge in [0.25, 0.3) is 0 Å². The molecule has 0 spiro atoms. The molecule has 3 aromatic rings. The number of rotatable bonds is 14. The van der Waals surface area contributed by atoms with E-state index in [0.29, 0.717) is 49.8 Å². The second-order valence-electron chi connectivity index (χ2n) is 9.62. The van der Waals surface area contributed by atoms with Crippen LogP contribution in [0.2, 0.25) is 0 Å². The Morgan fingerprint density at radius 3 is 2.36 bits per heavy atom. The minimum Gasteiger partial charge on any atom is -0.338 e. The number of tetrazole rings is 1. The zero-order chi connectivity index (χ0) is 25.9. The molecule has 36 heavy (non-hydrogen) atoms. The van der Waals surface area contributed by atoms with Crippen molar-refractivity contribution < 1.29 is 9.59 Å². The lowest BCUT2D eigenvalue weighted by molar-refractivity contribution is -0.132. The fraction of sp³-hybridized carbons (Fsp3) is 0.464. The van der Waals surface area contributed by atoms with Gasteiger partial charge in [0.15, 0.2) is 0 Å². The van der Waals surface area contributed by atoms with Crippen LogP contribution in [0.4, 0.5) is 0 Å². The predicted molar refractivity (Wildman–Crippen MR) is 146 cm³/mol. The number of hydrogen-bond donors (Lipinski definition) is 2. The molecule has 0 fully saturated rings. The van der Waals surface area contributed by atoms with Crippen molar-refractivity contribution in [1.29, 1.82) is 0 Å². The Hall–Kier alpha value is -3.00. The topological polar surface area (TPSA) is 91.8 Å². The highest BCUT2D eigenvalue weighted by atomic mass is 32.1. The lowest BCUT2D eigenvalue weighted by Crippen LogP contribution is -2.32. The van der Waals surface area contributed by atoms with Gasteiger partial charge < -0.3 is 4.90 Å². The number of aromatic nitrogens is 4. The van der Waals surface area contributed by atoms with Gasteiger partial charge in [0, 0.05) is 37.4 Å². The molecule has 192 valence electrons. The van der Waals surface area contributed by atoms with E-state index in [9.17, 15) is 9.59 Å². The van der Waals surface area contributed by atoms with Crippen molar-refractivity contribution >= 4 is 24.3 Å². The first-order valence-corrected chi connectivity index (χ1v) is 13.4. The van der Waals surface area contributed by atoms with Gasteiger partial charge in [-0.3, -0.25) is 9.59 Å². The molecule has 0 aliphatic heterocycles. The van der Waals surface area contributed by atoms with Crippen molar-refractivity contribution in [2.24, 2.45) is 11.8 Å². The number of amides is 1. The van der Waals surface area contributed by atoms with Crippen LogP contribution < -0.4 is 0 Å². The highest BCUT2D eigenvalue weighted by Gasteiger charge is 2.19. The first-order valence-electron chi connectivity index (χ1n) is 12.8. The van der Waals surface area contributed by atoms with Gasteiger partial charge >= 0.3 is 0 Å². The highest BCUT2D eigenvalue weighted by Crippen LogP contribution is 2.30. The van der Waals surface area contributed by atoms with E-state index < -0.39 is 0 Å². The predicted octanol–water partition coefficient (Wildman–Crippen LogP) is 5.60. The quantitative estimate of drug-likeness (QED) is 0.277. The van der Waals surface area contributed by atoms with Gasteiger partial charge in [-0.1, -0.05) is 69.3 Å². The SMILES string of the molecule is CCCC(=O)N(CCCC(=O)C(CS)CC(C)C)Cc1ccc(-c2ccccc2-c2nn[nH]n2)cc1. The highest BCUT2D eigenvalue weighted by molar-refractivity contribution is 7.80. The van der Waals surface area contributed by atoms with Crippen molar-refractivity contribution in [3.05, 3.63) is 54.1 Å². The number of carbonyl (C=O) groups is 2. The number of nitrogens with one attached hydrogen (secondary N) is 1. The number of ketones is 1. The van der Waals surface area contributed by atoms with Crippen LogP contribution in [0, 0.1) is 11.8 Å². The van der Waals surface area contributed by atoms with Crippen molar-refractivity contribution in [2.75, 3.05) is 12.3 Å². The van der Waals surface area contributed by atoms with Crippen molar-refractivity contribution in [3.63, 3.8) is 0 Å². The fourth-order valence-electron chi connectivity index (χ4n) is 4.40. The number of H-pyrrole nitrogens is 1. The Kier molecular flexibility index (Phi) is 10.7. The van der Waals surface area contributed by atoms with Crippen LogP contribution >= 0.6 is 12.6 Å². The van der Waals surface area contributed by atoms with Crippen LogP contribution in [-0.4, -0.2) is 49.5 Å². The number of benzene rings is 2. The third-order valence-electron chi connectivity index (χ3n) is 6.25. The molecule has 0 radical (unpaired) electrons.